The number of aryl methyl sites for hydroxylation is 3. The predicted octanol–water partition coefficient (Wildman–Crippen LogP) is 3.39. The molecule has 0 spiro atoms. The van der Waals surface area contributed by atoms with E-state index in [4.69, 9.17) is 0 Å². The van der Waals surface area contributed by atoms with Gasteiger partial charge in [0, 0.05) is 31.3 Å². The Hall–Kier alpha value is -2.62. The fourth-order valence-corrected chi connectivity index (χ4v) is 2.66. The number of hydrogen-bond donors (Lipinski definition) is 1. The van der Waals surface area contributed by atoms with Crippen molar-refractivity contribution in [1.82, 2.24) is 5.32 Å². The second-order valence-corrected chi connectivity index (χ2v) is 6.14. The largest absolute Gasteiger partial charge is 0.350 e. The first-order chi connectivity index (χ1) is 11.4. The van der Waals surface area contributed by atoms with E-state index in [0.717, 1.165) is 22.4 Å². The Morgan fingerprint density at radius 1 is 0.917 bits per heavy atom. The fraction of sp³-hybridized carbons (Fsp3) is 0.300. The Morgan fingerprint density at radius 3 is 2.04 bits per heavy atom. The van der Waals surface area contributed by atoms with Crippen molar-refractivity contribution in [3.63, 3.8) is 0 Å². The Balaban J connectivity index is 2.00. The molecule has 2 aromatic rings. The average molecular weight is 324 g/mol. The number of nitrogens with zero attached hydrogens (tertiary/aromatic N) is 1. The minimum atomic E-state index is -0.126. The van der Waals surface area contributed by atoms with Gasteiger partial charge in [-0.15, -0.1) is 0 Å². The third-order valence-electron chi connectivity index (χ3n) is 3.83. The summed E-state index contributed by atoms with van der Waals surface area (Å²) >= 11 is 0. The molecule has 0 bridgehead atoms. The molecular formula is C20H24N2O2. The molecule has 0 saturated heterocycles. The monoisotopic (exact) mass is 324 g/mol. The molecule has 126 valence electrons. The predicted molar refractivity (Wildman–Crippen MR) is 97.5 cm³/mol. The fourth-order valence-electron chi connectivity index (χ4n) is 2.66. The van der Waals surface area contributed by atoms with Crippen LogP contribution in [-0.4, -0.2) is 24.9 Å². The molecule has 0 aliphatic rings. The molecule has 4 nitrogen and oxygen atoms in total. The number of amides is 2. The molecule has 2 amide bonds. The van der Waals surface area contributed by atoms with Crippen molar-refractivity contribution in [2.75, 3.05) is 18.0 Å². The minimum Gasteiger partial charge on any atom is -0.350 e. The number of rotatable bonds is 5. The topological polar surface area (TPSA) is 49.4 Å². The second kappa shape index (κ2) is 7.77. The Bertz CT molecular complexity index is 716. The molecule has 0 heterocycles. The van der Waals surface area contributed by atoms with E-state index in [1.54, 1.807) is 24.0 Å². The van der Waals surface area contributed by atoms with E-state index in [0.29, 0.717) is 18.7 Å². The number of hydrogen-bond acceptors (Lipinski definition) is 2. The number of benzene rings is 2. The lowest BCUT2D eigenvalue weighted by molar-refractivity contribution is -0.116. The third-order valence-corrected chi connectivity index (χ3v) is 3.83. The van der Waals surface area contributed by atoms with Crippen LogP contribution in [0.25, 0.3) is 0 Å². The minimum absolute atomic E-state index is 0.0374. The highest BCUT2D eigenvalue weighted by Crippen LogP contribution is 2.18. The van der Waals surface area contributed by atoms with Gasteiger partial charge >= 0.3 is 0 Å². The van der Waals surface area contributed by atoms with E-state index in [1.165, 1.54) is 0 Å². The van der Waals surface area contributed by atoms with E-state index in [2.05, 4.69) is 11.4 Å². The molecule has 0 aliphatic heterocycles. The highest BCUT2D eigenvalue weighted by Gasteiger charge is 2.13. The molecule has 0 aliphatic carbocycles. The Morgan fingerprint density at radius 2 is 1.50 bits per heavy atom. The van der Waals surface area contributed by atoms with Crippen molar-refractivity contribution in [3.8, 4) is 0 Å². The van der Waals surface area contributed by atoms with Gasteiger partial charge in [-0.1, -0.05) is 23.8 Å². The summed E-state index contributed by atoms with van der Waals surface area (Å²) in [5.41, 5.74) is 4.83. The van der Waals surface area contributed by atoms with Crippen molar-refractivity contribution < 1.29 is 9.59 Å². The number of carbonyl (C=O) groups is 2. The van der Waals surface area contributed by atoms with Crippen LogP contribution in [0, 0.1) is 20.8 Å². The van der Waals surface area contributed by atoms with Crippen molar-refractivity contribution in [2.24, 2.45) is 0 Å². The lowest BCUT2D eigenvalue weighted by Gasteiger charge is -2.22. The standard InChI is InChI=1S/C20H24N2O2/c1-14-5-7-18(8-6-14)20(24)21-9-10-22(17(4)23)19-12-15(2)11-16(3)13-19/h5-8,11-13H,9-10H2,1-4H3,(H,21,24). The summed E-state index contributed by atoms with van der Waals surface area (Å²) in [6.45, 7) is 8.38. The van der Waals surface area contributed by atoms with Crippen LogP contribution in [0.2, 0.25) is 0 Å². The van der Waals surface area contributed by atoms with E-state index in [1.807, 2.05) is 45.0 Å². The summed E-state index contributed by atoms with van der Waals surface area (Å²) in [5.74, 6) is -0.163. The zero-order chi connectivity index (χ0) is 17.7. The molecular weight excluding hydrogens is 300 g/mol. The third kappa shape index (κ3) is 4.69. The first-order valence-corrected chi connectivity index (χ1v) is 8.08. The smallest absolute Gasteiger partial charge is 0.251 e. The Labute approximate surface area is 143 Å². The first-order valence-electron chi connectivity index (χ1n) is 8.08. The van der Waals surface area contributed by atoms with Gasteiger partial charge in [-0.3, -0.25) is 9.59 Å². The van der Waals surface area contributed by atoms with Gasteiger partial charge in [-0.25, -0.2) is 0 Å². The quantitative estimate of drug-likeness (QED) is 0.916. The van der Waals surface area contributed by atoms with Crippen molar-refractivity contribution in [2.45, 2.75) is 27.7 Å². The van der Waals surface area contributed by atoms with Crippen LogP contribution < -0.4 is 10.2 Å². The van der Waals surface area contributed by atoms with Crippen LogP contribution in [0.4, 0.5) is 5.69 Å². The number of anilines is 1. The first kappa shape index (κ1) is 17.7. The lowest BCUT2D eigenvalue weighted by Crippen LogP contribution is -2.37. The van der Waals surface area contributed by atoms with E-state index >= 15 is 0 Å². The molecule has 0 fully saturated rings. The second-order valence-electron chi connectivity index (χ2n) is 6.14. The number of carbonyl (C=O) groups excluding carboxylic acids is 2. The normalized spacial score (nSPS) is 10.3. The zero-order valence-electron chi connectivity index (χ0n) is 14.7. The van der Waals surface area contributed by atoms with Crippen LogP contribution >= 0.6 is 0 Å². The van der Waals surface area contributed by atoms with Crippen molar-refractivity contribution >= 4 is 17.5 Å². The molecule has 4 heteroatoms. The van der Waals surface area contributed by atoms with E-state index < -0.39 is 0 Å². The highest BCUT2D eigenvalue weighted by atomic mass is 16.2. The van der Waals surface area contributed by atoms with Gasteiger partial charge < -0.3 is 10.2 Å². The van der Waals surface area contributed by atoms with E-state index in [-0.39, 0.29) is 11.8 Å². The van der Waals surface area contributed by atoms with Crippen molar-refractivity contribution in [3.05, 3.63) is 64.7 Å². The summed E-state index contributed by atoms with van der Waals surface area (Å²) in [6.07, 6.45) is 0. The molecule has 0 saturated carbocycles. The van der Waals surface area contributed by atoms with Gasteiger partial charge in [-0.2, -0.15) is 0 Å². The van der Waals surface area contributed by atoms with Gasteiger partial charge in [0.2, 0.25) is 5.91 Å². The molecule has 24 heavy (non-hydrogen) atoms. The van der Waals surface area contributed by atoms with Crippen LogP contribution in [0.1, 0.15) is 34.0 Å². The van der Waals surface area contributed by atoms with Crippen molar-refractivity contribution in [1.29, 1.82) is 0 Å². The van der Waals surface area contributed by atoms with Gasteiger partial charge in [0.05, 0.1) is 0 Å². The molecule has 2 aromatic carbocycles. The molecule has 0 radical (unpaired) electrons. The maximum atomic E-state index is 12.1. The molecule has 0 atom stereocenters. The lowest BCUT2D eigenvalue weighted by atomic mass is 10.1. The summed E-state index contributed by atoms with van der Waals surface area (Å²) < 4.78 is 0. The Kier molecular flexibility index (Phi) is 5.74. The average Bonchev–Trinajstić information content (AvgIpc) is 2.50. The van der Waals surface area contributed by atoms with Gasteiger partial charge in [-0.05, 0) is 56.2 Å². The van der Waals surface area contributed by atoms with Crippen LogP contribution in [-0.2, 0) is 4.79 Å². The van der Waals surface area contributed by atoms with Gasteiger partial charge in [0.25, 0.3) is 5.91 Å². The SMILES string of the molecule is CC(=O)N(CCNC(=O)c1ccc(C)cc1)c1cc(C)cc(C)c1. The molecule has 1 N–H and O–H groups in total. The molecule has 2 rings (SSSR count). The van der Waals surface area contributed by atoms with Gasteiger partial charge in [0.1, 0.15) is 0 Å². The summed E-state index contributed by atoms with van der Waals surface area (Å²) in [6, 6.07) is 13.5. The molecule has 0 unspecified atom stereocenters. The maximum Gasteiger partial charge on any atom is 0.251 e. The maximum absolute atomic E-state index is 12.1. The summed E-state index contributed by atoms with van der Waals surface area (Å²) in [5, 5.41) is 2.87. The van der Waals surface area contributed by atoms with Gasteiger partial charge in [0.15, 0.2) is 0 Å². The van der Waals surface area contributed by atoms with Crippen LogP contribution in [0.15, 0.2) is 42.5 Å². The highest BCUT2D eigenvalue weighted by molar-refractivity contribution is 5.94. The van der Waals surface area contributed by atoms with Crippen LogP contribution in [0.5, 0.6) is 0 Å². The summed E-state index contributed by atoms with van der Waals surface area (Å²) in [7, 11) is 0. The molecule has 0 aromatic heterocycles. The summed E-state index contributed by atoms with van der Waals surface area (Å²) in [4.78, 5) is 25.8. The zero-order valence-corrected chi connectivity index (χ0v) is 14.7. The van der Waals surface area contributed by atoms with Crippen LogP contribution in [0.3, 0.4) is 0 Å². The van der Waals surface area contributed by atoms with E-state index in [9.17, 15) is 9.59 Å². The number of nitrogens with one attached hydrogen (secondary N) is 1.